The van der Waals surface area contributed by atoms with Crippen LogP contribution in [0.4, 0.5) is 0 Å². The van der Waals surface area contributed by atoms with Crippen molar-refractivity contribution in [3.05, 3.63) is 12.2 Å². The van der Waals surface area contributed by atoms with Crippen LogP contribution in [0.25, 0.3) is 0 Å². The van der Waals surface area contributed by atoms with Crippen LogP contribution in [-0.2, 0) is 6.42 Å². The molecule has 2 rings (SSSR count). The van der Waals surface area contributed by atoms with Crippen LogP contribution in [0.5, 0.6) is 0 Å². The van der Waals surface area contributed by atoms with Crippen molar-refractivity contribution in [2.45, 2.75) is 58.4 Å². The van der Waals surface area contributed by atoms with Crippen molar-refractivity contribution < 1.29 is 0 Å². The molecule has 0 aromatic carbocycles. The Morgan fingerprint density at radius 3 is 3.06 bits per heavy atom. The number of aromatic nitrogens is 3. The van der Waals surface area contributed by atoms with Gasteiger partial charge in [0.15, 0.2) is 0 Å². The maximum absolute atomic E-state index is 4.15. The summed E-state index contributed by atoms with van der Waals surface area (Å²) in [6.45, 7) is 5.68. The maximum Gasteiger partial charge on any atom is 0.137 e. The summed E-state index contributed by atoms with van der Waals surface area (Å²) >= 11 is 0. The molecule has 1 saturated carbocycles. The topological polar surface area (TPSA) is 53.6 Å². The molecule has 0 amide bonds. The summed E-state index contributed by atoms with van der Waals surface area (Å²) in [7, 11) is 0. The van der Waals surface area contributed by atoms with Gasteiger partial charge in [-0.3, -0.25) is 5.10 Å². The molecule has 0 aliphatic heterocycles. The van der Waals surface area contributed by atoms with Crippen molar-refractivity contribution in [2.24, 2.45) is 11.8 Å². The lowest BCUT2D eigenvalue weighted by Crippen LogP contribution is -2.35. The van der Waals surface area contributed by atoms with Gasteiger partial charge in [-0.05, 0) is 31.1 Å². The number of nitrogens with zero attached hydrogens (tertiary/aromatic N) is 2. The van der Waals surface area contributed by atoms with Gasteiger partial charge < -0.3 is 5.32 Å². The first-order valence-electron chi connectivity index (χ1n) is 7.31. The summed E-state index contributed by atoms with van der Waals surface area (Å²) in [5.41, 5.74) is 0. The van der Waals surface area contributed by atoms with E-state index in [9.17, 15) is 0 Å². The van der Waals surface area contributed by atoms with Crippen molar-refractivity contribution in [3.8, 4) is 0 Å². The van der Waals surface area contributed by atoms with Gasteiger partial charge in [0.2, 0.25) is 0 Å². The minimum absolute atomic E-state index is 0.713. The van der Waals surface area contributed by atoms with Gasteiger partial charge in [0.25, 0.3) is 0 Å². The lowest BCUT2D eigenvalue weighted by atomic mass is 9.81. The second-order valence-electron chi connectivity index (χ2n) is 6.00. The fraction of sp³-hybridized carbons (Fsp3) is 0.857. The summed E-state index contributed by atoms with van der Waals surface area (Å²) in [5, 5.41) is 10.5. The van der Waals surface area contributed by atoms with Gasteiger partial charge in [-0.25, -0.2) is 4.98 Å². The molecule has 2 N–H and O–H groups in total. The minimum atomic E-state index is 0.713. The summed E-state index contributed by atoms with van der Waals surface area (Å²) < 4.78 is 0. The highest BCUT2D eigenvalue weighted by Crippen LogP contribution is 2.29. The zero-order chi connectivity index (χ0) is 12.8. The average molecular weight is 250 g/mol. The third kappa shape index (κ3) is 4.41. The lowest BCUT2D eigenvalue weighted by molar-refractivity contribution is 0.253. The van der Waals surface area contributed by atoms with Crippen molar-refractivity contribution in [2.75, 3.05) is 6.54 Å². The molecule has 1 heterocycles. The number of H-pyrrole nitrogens is 1. The van der Waals surface area contributed by atoms with Crippen LogP contribution in [0, 0.1) is 11.8 Å². The van der Waals surface area contributed by atoms with Gasteiger partial charge in [-0.1, -0.05) is 26.7 Å². The van der Waals surface area contributed by atoms with E-state index in [2.05, 4.69) is 34.3 Å². The van der Waals surface area contributed by atoms with Crippen LogP contribution < -0.4 is 5.32 Å². The molecule has 1 aliphatic carbocycles. The Morgan fingerprint density at radius 2 is 2.33 bits per heavy atom. The fourth-order valence-electron chi connectivity index (χ4n) is 3.10. The van der Waals surface area contributed by atoms with Crippen molar-refractivity contribution in [1.82, 2.24) is 20.5 Å². The minimum Gasteiger partial charge on any atom is -0.314 e. The molecule has 1 aliphatic rings. The standard InChI is InChI=1S/C14H26N4/c1-11(2)8-12-4-3-5-13(9-12)15-7-6-14-16-10-17-18-14/h10-13,15H,3-9H2,1-2H3,(H,16,17,18). The van der Waals surface area contributed by atoms with Crippen LogP contribution in [0.3, 0.4) is 0 Å². The number of aromatic amines is 1. The molecule has 1 fully saturated rings. The second kappa shape index (κ2) is 6.88. The maximum atomic E-state index is 4.15. The molecule has 0 spiro atoms. The van der Waals surface area contributed by atoms with E-state index in [1.807, 2.05) is 0 Å². The van der Waals surface area contributed by atoms with E-state index in [4.69, 9.17) is 0 Å². The van der Waals surface area contributed by atoms with Crippen LogP contribution in [-0.4, -0.2) is 27.8 Å². The highest BCUT2D eigenvalue weighted by atomic mass is 15.2. The largest absolute Gasteiger partial charge is 0.314 e. The van der Waals surface area contributed by atoms with Gasteiger partial charge in [-0.2, -0.15) is 5.10 Å². The van der Waals surface area contributed by atoms with E-state index in [0.717, 1.165) is 30.6 Å². The van der Waals surface area contributed by atoms with Gasteiger partial charge in [0.05, 0.1) is 0 Å². The van der Waals surface area contributed by atoms with Crippen LogP contribution in [0.2, 0.25) is 0 Å². The summed E-state index contributed by atoms with van der Waals surface area (Å²) in [4.78, 5) is 4.15. The van der Waals surface area contributed by atoms with E-state index in [-0.39, 0.29) is 0 Å². The Hall–Kier alpha value is -0.900. The molecular formula is C14H26N4. The number of nitrogens with one attached hydrogen (secondary N) is 2. The van der Waals surface area contributed by atoms with Gasteiger partial charge in [0, 0.05) is 19.0 Å². The first-order valence-corrected chi connectivity index (χ1v) is 7.31. The quantitative estimate of drug-likeness (QED) is 0.816. The number of hydrogen-bond donors (Lipinski definition) is 2. The van der Waals surface area contributed by atoms with Gasteiger partial charge in [-0.15, -0.1) is 0 Å². The van der Waals surface area contributed by atoms with Crippen molar-refractivity contribution in [1.29, 1.82) is 0 Å². The summed E-state index contributed by atoms with van der Waals surface area (Å²) in [5.74, 6) is 2.75. The van der Waals surface area contributed by atoms with Crippen molar-refractivity contribution >= 4 is 0 Å². The molecule has 2 unspecified atom stereocenters. The van der Waals surface area contributed by atoms with Gasteiger partial charge >= 0.3 is 0 Å². The third-order valence-corrected chi connectivity index (χ3v) is 3.85. The number of rotatable bonds is 6. The monoisotopic (exact) mass is 250 g/mol. The molecule has 0 saturated heterocycles. The fourth-order valence-corrected chi connectivity index (χ4v) is 3.10. The molecule has 0 radical (unpaired) electrons. The van der Waals surface area contributed by atoms with Crippen molar-refractivity contribution in [3.63, 3.8) is 0 Å². The predicted molar refractivity (Wildman–Crippen MR) is 73.3 cm³/mol. The summed E-state index contributed by atoms with van der Waals surface area (Å²) in [6.07, 6.45) is 9.43. The Bertz CT molecular complexity index is 321. The van der Waals surface area contributed by atoms with E-state index in [0.29, 0.717) is 6.04 Å². The molecule has 102 valence electrons. The zero-order valence-corrected chi connectivity index (χ0v) is 11.7. The Kier molecular flexibility index (Phi) is 5.17. The molecule has 18 heavy (non-hydrogen) atoms. The van der Waals surface area contributed by atoms with Crippen LogP contribution >= 0.6 is 0 Å². The first-order chi connectivity index (χ1) is 8.74. The van der Waals surface area contributed by atoms with E-state index < -0.39 is 0 Å². The highest BCUT2D eigenvalue weighted by molar-refractivity contribution is 4.83. The Morgan fingerprint density at radius 1 is 1.44 bits per heavy atom. The zero-order valence-electron chi connectivity index (χ0n) is 11.7. The molecule has 0 bridgehead atoms. The highest BCUT2D eigenvalue weighted by Gasteiger charge is 2.21. The summed E-state index contributed by atoms with van der Waals surface area (Å²) in [6, 6.07) is 0.713. The molecule has 4 heteroatoms. The Balaban J connectivity index is 1.66. The third-order valence-electron chi connectivity index (χ3n) is 3.85. The first kappa shape index (κ1) is 13.5. The van der Waals surface area contributed by atoms with E-state index in [1.165, 1.54) is 32.1 Å². The average Bonchev–Trinajstić information content (AvgIpc) is 2.82. The molecule has 4 nitrogen and oxygen atoms in total. The van der Waals surface area contributed by atoms with Crippen LogP contribution in [0.15, 0.2) is 6.33 Å². The van der Waals surface area contributed by atoms with Crippen LogP contribution in [0.1, 0.15) is 51.8 Å². The van der Waals surface area contributed by atoms with E-state index >= 15 is 0 Å². The molecule has 1 aromatic rings. The Labute approximate surface area is 110 Å². The smallest absolute Gasteiger partial charge is 0.137 e. The normalized spacial score (nSPS) is 24.6. The van der Waals surface area contributed by atoms with Gasteiger partial charge in [0.1, 0.15) is 12.2 Å². The lowest BCUT2D eigenvalue weighted by Gasteiger charge is -2.30. The molecular weight excluding hydrogens is 224 g/mol. The number of hydrogen-bond acceptors (Lipinski definition) is 3. The molecule has 1 aromatic heterocycles. The second-order valence-corrected chi connectivity index (χ2v) is 6.00. The SMILES string of the molecule is CC(C)CC1CCCC(NCCc2ncn[nH]2)C1. The van der Waals surface area contributed by atoms with E-state index in [1.54, 1.807) is 6.33 Å². The molecule has 2 atom stereocenters. The predicted octanol–water partition coefficient (Wildman–Crippen LogP) is 2.54.